The molecule has 146 valence electrons. The summed E-state index contributed by atoms with van der Waals surface area (Å²) in [6, 6.07) is 3.54. The Balaban J connectivity index is 2.18. The number of rotatable bonds is 7. The van der Waals surface area contributed by atoms with Crippen LogP contribution in [0, 0.1) is 11.8 Å². The predicted molar refractivity (Wildman–Crippen MR) is 106 cm³/mol. The molecule has 0 fully saturated rings. The third kappa shape index (κ3) is 5.16. The first-order valence-corrected chi connectivity index (χ1v) is 9.01. The van der Waals surface area contributed by atoms with E-state index in [2.05, 4.69) is 26.8 Å². The van der Waals surface area contributed by atoms with Gasteiger partial charge in [0, 0.05) is 6.08 Å². The summed E-state index contributed by atoms with van der Waals surface area (Å²) in [5.41, 5.74) is 1.81. The SMILES string of the molecule is COc1cc(C=CC(=O)OC2=CC(C)CC=C2C(C)C)cc(OC)c1OC. The van der Waals surface area contributed by atoms with Crippen LogP contribution in [0.4, 0.5) is 0 Å². The van der Waals surface area contributed by atoms with Gasteiger partial charge < -0.3 is 18.9 Å². The van der Waals surface area contributed by atoms with Crippen molar-refractivity contribution in [2.45, 2.75) is 27.2 Å². The van der Waals surface area contributed by atoms with Crippen molar-refractivity contribution in [2.24, 2.45) is 11.8 Å². The fourth-order valence-corrected chi connectivity index (χ4v) is 2.95. The van der Waals surface area contributed by atoms with Gasteiger partial charge in [0.15, 0.2) is 11.5 Å². The van der Waals surface area contributed by atoms with Crippen LogP contribution in [0.2, 0.25) is 0 Å². The lowest BCUT2D eigenvalue weighted by molar-refractivity contribution is -0.133. The Hall–Kier alpha value is -2.69. The van der Waals surface area contributed by atoms with E-state index in [9.17, 15) is 4.79 Å². The van der Waals surface area contributed by atoms with E-state index in [0.717, 1.165) is 17.6 Å². The van der Waals surface area contributed by atoms with Crippen molar-refractivity contribution in [2.75, 3.05) is 21.3 Å². The van der Waals surface area contributed by atoms with Gasteiger partial charge >= 0.3 is 5.97 Å². The van der Waals surface area contributed by atoms with E-state index in [1.807, 2.05) is 6.08 Å². The van der Waals surface area contributed by atoms with Crippen LogP contribution < -0.4 is 14.2 Å². The Morgan fingerprint density at radius 1 is 1.11 bits per heavy atom. The van der Waals surface area contributed by atoms with Gasteiger partial charge in [0.1, 0.15) is 5.76 Å². The molecule has 0 aromatic heterocycles. The molecule has 1 aromatic carbocycles. The molecule has 2 rings (SSSR count). The highest BCUT2D eigenvalue weighted by Crippen LogP contribution is 2.38. The molecule has 5 nitrogen and oxygen atoms in total. The third-order valence-electron chi connectivity index (χ3n) is 4.36. The summed E-state index contributed by atoms with van der Waals surface area (Å²) in [4.78, 5) is 12.3. The first-order valence-electron chi connectivity index (χ1n) is 9.01. The van der Waals surface area contributed by atoms with Gasteiger partial charge in [-0.3, -0.25) is 0 Å². The van der Waals surface area contributed by atoms with E-state index in [4.69, 9.17) is 18.9 Å². The zero-order valence-electron chi connectivity index (χ0n) is 16.9. The number of hydrogen-bond acceptors (Lipinski definition) is 5. The highest BCUT2D eigenvalue weighted by molar-refractivity contribution is 5.88. The molecule has 0 bridgehead atoms. The lowest BCUT2D eigenvalue weighted by Crippen LogP contribution is -2.11. The Morgan fingerprint density at radius 3 is 2.26 bits per heavy atom. The minimum Gasteiger partial charge on any atom is -0.493 e. The van der Waals surface area contributed by atoms with Gasteiger partial charge in [-0.05, 0) is 53.7 Å². The van der Waals surface area contributed by atoms with Crippen molar-refractivity contribution in [1.29, 1.82) is 0 Å². The van der Waals surface area contributed by atoms with Crippen molar-refractivity contribution < 1.29 is 23.7 Å². The predicted octanol–water partition coefficient (Wildman–Crippen LogP) is 4.77. The van der Waals surface area contributed by atoms with E-state index in [-0.39, 0.29) is 0 Å². The highest BCUT2D eigenvalue weighted by atomic mass is 16.5. The summed E-state index contributed by atoms with van der Waals surface area (Å²) in [5.74, 6) is 2.45. The van der Waals surface area contributed by atoms with Crippen molar-refractivity contribution in [1.82, 2.24) is 0 Å². The molecule has 1 aromatic rings. The lowest BCUT2D eigenvalue weighted by atomic mass is 9.91. The number of benzene rings is 1. The normalized spacial score (nSPS) is 16.8. The summed E-state index contributed by atoms with van der Waals surface area (Å²) in [7, 11) is 4.65. The molecule has 0 radical (unpaired) electrons. The van der Waals surface area contributed by atoms with Crippen LogP contribution in [0.25, 0.3) is 6.08 Å². The largest absolute Gasteiger partial charge is 0.493 e. The van der Waals surface area contributed by atoms with Gasteiger partial charge in [0.2, 0.25) is 5.75 Å². The highest BCUT2D eigenvalue weighted by Gasteiger charge is 2.19. The zero-order chi connectivity index (χ0) is 20.0. The molecule has 1 aliphatic rings. The first-order chi connectivity index (χ1) is 12.9. The van der Waals surface area contributed by atoms with Crippen LogP contribution >= 0.6 is 0 Å². The molecule has 5 heteroatoms. The molecule has 1 aliphatic carbocycles. The number of carbonyl (C=O) groups excluding carboxylic acids is 1. The van der Waals surface area contributed by atoms with Crippen LogP contribution in [0.15, 0.2) is 41.7 Å². The van der Waals surface area contributed by atoms with Gasteiger partial charge in [-0.15, -0.1) is 0 Å². The Labute approximate surface area is 161 Å². The Kier molecular flexibility index (Phi) is 7.11. The molecular weight excluding hydrogens is 344 g/mol. The van der Waals surface area contributed by atoms with Gasteiger partial charge in [-0.1, -0.05) is 26.8 Å². The van der Waals surface area contributed by atoms with E-state index < -0.39 is 5.97 Å². The molecule has 0 amide bonds. The third-order valence-corrected chi connectivity index (χ3v) is 4.36. The molecule has 0 saturated heterocycles. The van der Waals surface area contributed by atoms with Crippen LogP contribution in [-0.2, 0) is 9.53 Å². The number of allylic oxidation sites excluding steroid dienone is 3. The summed E-state index contributed by atoms with van der Waals surface area (Å²) in [6.45, 7) is 6.29. The van der Waals surface area contributed by atoms with Gasteiger partial charge in [0.25, 0.3) is 0 Å². The number of carbonyl (C=O) groups is 1. The van der Waals surface area contributed by atoms with Gasteiger partial charge in [-0.2, -0.15) is 0 Å². The molecule has 0 heterocycles. The van der Waals surface area contributed by atoms with Crippen molar-refractivity contribution >= 4 is 12.0 Å². The fraction of sp³-hybridized carbons (Fsp3) is 0.409. The second kappa shape index (κ2) is 9.31. The number of hydrogen-bond donors (Lipinski definition) is 0. The molecule has 0 spiro atoms. The maximum absolute atomic E-state index is 12.3. The van der Waals surface area contributed by atoms with E-state index in [1.54, 1.807) is 39.5 Å². The van der Waals surface area contributed by atoms with Crippen molar-refractivity contribution in [3.05, 3.63) is 47.3 Å². The molecule has 1 atom stereocenters. The summed E-state index contributed by atoms with van der Waals surface area (Å²) < 4.78 is 21.6. The van der Waals surface area contributed by atoms with Crippen molar-refractivity contribution in [3.8, 4) is 17.2 Å². The standard InChI is InChI=1S/C22H28O5/c1-14(2)17-9-7-15(3)11-18(17)27-21(23)10-8-16-12-19(24-4)22(26-6)20(13-16)25-5/h8-15H,7H2,1-6H3. The second-order valence-electron chi connectivity index (χ2n) is 6.77. The lowest BCUT2D eigenvalue weighted by Gasteiger charge is -2.21. The van der Waals surface area contributed by atoms with E-state index >= 15 is 0 Å². The molecule has 0 aliphatic heterocycles. The number of esters is 1. The average Bonchev–Trinajstić information content (AvgIpc) is 2.65. The quantitative estimate of drug-likeness (QED) is 0.509. The molecule has 27 heavy (non-hydrogen) atoms. The summed E-state index contributed by atoms with van der Waals surface area (Å²) in [5, 5.41) is 0. The zero-order valence-corrected chi connectivity index (χ0v) is 16.9. The smallest absolute Gasteiger partial charge is 0.336 e. The Bertz CT molecular complexity index is 746. The fourth-order valence-electron chi connectivity index (χ4n) is 2.95. The van der Waals surface area contributed by atoms with Crippen LogP contribution in [-0.4, -0.2) is 27.3 Å². The molecule has 0 N–H and O–H groups in total. The second-order valence-corrected chi connectivity index (χ2v) is 6.77. The topological polar surface area (TPSA) is 54.0 Å². The van der Waals surface area contributed by atoms with Crippen LogP contribution in [0.1, 0.15) is 32.8 Å². The van der Waals surface area contributed by atoms with E-state index in [1.165, 1.54) is 6.08 Å². The average molecular weight is 372 g/mol. The monoisotopic (exact) mass is 372 g/mol. The molecular formula is C22H28O5. The van der Waals surface area contributed by atoms with Crippen LogP contribution in [0.3, 0.4) is 0 Å². The molecule has 0 saturated carbocycles. The van der Waals surface area contributed by atoms with Crippen molar-refractivity contribution in [3.63, 3.8) is 0 Å². The minimum absolute atomic E-state index is 0.302. The maximum Gasteiger partial charge on any atom is 0.336 e. The maximum atomic E-state index is 12.3. The summed E-state index contributed by atoms with van der Waals surface area (Å²) >= 11 is 0. The number of ether oxygens (including phenoxy) is 4. The van der Waals surface area contributed by atoms with E-state index in [0.29, 0.717) is 34.8 Å². The molecule has 1 unspecified atom stereocenters. The summed E-state index contributed by atoms with van der Waals surface area (Å²) in [6.07, 6.45) is 8.20. The Morgan fingerprint density at radius 2 is 1.74 bits per heavy atom. The minimum atomic E-state index is -0.421. The van der Waals surface area contributed by atoms with Gasteiger partial charge in [0.05, 0.1) is 21.3 Å². The number of methoxy groups -OCH3 is 3. The van der Waals surface area contributed by atoms with Crippen LogP contribution in [0.5, 0.6) is 17.2 Å². The first kappa shape index (κ1) is 20.6. The van der Waals surface area contributed by atoms with Gasteiger partial charge in [-0.25, -0.2) is 4.79 Å².